The Morgan fingerprint density at radius 1 is 1.03 bits per heavy atom. The second-order valence-corrected chi connectivity index (χ2v) is 6.83. The van der Waals surface area contributed by atoms with Crippen LogP contribution in [0.1, 0.15) is 12.5 Å². The summed E-state index contributed by atoms with van der Waals surface area (Å²) in [4.78, 5) is 30.3. The molecule has 1 aliphatic heterocycles. The van der Waals surface area contributed by atoms with Crippen molar-refractivity contribution in [3.8, 4) is 11.8 Å². The van der Waals surface area contributed by atoms with Crippen LogP contribution in [-0.4, -0.2) is 56.5 Å². The molecule has 7 heteroatoms. The molecule has 0 saturated carbocycles. The van der Waals surface area contributed by atoms with Gasteiger partial charge in [-0.15, -0.1) is 0 Å². The van der Waals surface area contributed by atoms with Crippen LogP contribution in [0, 0.1) is 11.3 Å². The molecular formula is C22H24N4O3. The van der Waals surface area contributed by atoms with Gasteiger partial charge in [0.15, 0.2) is 0 Å². The first-order chi connectivity index (χ1) is 14.0. The van der Waals surface area contributed by atoms with Crippen molar-refractivity contribution < 1.29 is 14.3 Å². The molecule has 1 fully saturated rings. The van der Waals surface area contributed by atoms with Gasteiger partial charge in [0.05, 0.1) is 18.7 Å². The summed E-state index contributed by atoms with van der Waals surface area (Å²) in [6.45, 7) is 4.09. The van der Waals surface area contributed by atoms with Gasteiger partial charge in [-0.3, -0.25) is 9.59 Å². The normalized spacial score (nSPS) is 13.6. The number of amides is 2. The van der Waals surface area contributed by atoms with Crippen molar-refractivity contribution in [1.29, 1.82) is 5.26 Å². The second kappa shape index (κ2) is 9.11. The smallest absolute Gasteiger partial charge is 0.242 e. The summed E-state index contributed by atoms with van der Waals surface area (Å²) in [5, 5.41) is 8.92. The van der Waals surface area contributed by atoms with E-state index in [0.717, 1.165) is 24.5 Å². The highest BCUT2D eigenvalue weighted by Gasteiger charge is 2.24. The lowest BCUT2D eigenvalue weighted by Gasteiger charge is -2.37. The van der Waals surface area contributed by atoms with E-state index < -0.39 is 0 Å². The van der Waals surface area contributed by atoms with Crippen LogP contribution in [0.25, 0.3) is 0 Å². The lowest BCUT2D eigenvalue weighted by atomic mass is 10.2. The predicted molar refractivity (Wildman–Crippen MR) is 111 cm³/mol. The average molecular weight is 392 g/mol. The summed E-state index contributed by atoms with van der Waals surface area (Å²) < 4.78 is 5.19. The molecule has 0 N–H and O–H groups in total. The standard InChI is InChI=1S/C22H24N4O3/c1-17(27)26(20-5-3-18(15-23)4-6-20)16-22(28)25-13-11-24(12-14-25)19-7-9-21(29-2)10-8-19/h3-10H,11-14,16H2,1-2H3. The maximum atomic E-state index is 12.8. The van der Waals surface area contributed by atoms with E-state index in [0.29, 0.717) is 24.3 Å². The van der Waals surface area contributed by atoms with E-state index in [1.54, 1.807) is 36.3 Å². The fourth-order valence-electron chi connectivity index (χ4n) is 3.34. The number of carbonyl (C=O) groups is 2. The first kappa shape index (κ1) is 20.2. The van der Waals surface area contributed by atoms with Gasteiger partial charge in [-0.05, 0) is 48.5 Å². The summed E-state index contributed by atoms with van der Waals surface area (Å²) in [6.07, 6.45) is 0. The molecule has 0 radical (unpaired) electrons. The number of methoxy groups -OCH3 is 1. The molecular weight excluding hydrogens is 368 g/mol. The Hall–Kier alpha value is -3.53. The van der Waals surface area contributed by atoms with E-state index >= 15 is 0 Å². The van der Waals surface area contributed by atoms with E-state index in [1.807, 2.05) is 30.3 Å². The van der Waals surface area contributed by atoms with Crippen LogP contribution < -0.4 is 14.5 Å². The van der Waals surface area contributed by atoms with Crippen molar-refractivity contribution in [1.82, 2.24) is 4.90 Å². The Morgan fingerprint density at radius 3 is 2.17 bits per heavy atom. The Bertz CT molecular complexity index is 895. The zero-order chi connectivity index (χ0) is 20.8. The van der Waals surface area contributed by atoms with Gasteiger partial charge in [0.2, 0.25) is 11.8 Å². The van der Waals surface area contributed by atoms with Crippen LogP contribution in [0.15, 0.2) is 48.5 Å². The molecule has 7 nitrogen and oxygen atoms in total. The van der Waals surface area contributed by atoms with E-state index in [-0.39, 0.29) is 18.4 Å². The number of ether oxygens (including phenoxy) is 1. The minimum Gasteiger partial charge on any atom is -0.497 e. The molecule has 1 heterocycles. The number of piperazine rings is 1. The third-order valence-corrected chi connectivity index (χ3v) is 5.05. The van der Waals surface area contributed by atoms with Crippen molar-refractivity contribution in [2.24, 2.45) is 0 Å². The Balaban J connectivity index is 1.60. The van der Waals surface area contributed by atoms with Crippen molar-refractivity contribution in [2.45, 2.75) is 6.92 Å². The SMILES string of the molecule is COc1ccc(N2CCN(C(=O)CN(C(C)=O)c3ccc(C#N)cc3)CC2)cc1. The van der Waals surface area contributed by atoms with E-state index in [9.17, 15) is 9.59 Å². The van der Waals surface area contributed by atoms with Crippen LogP contribution in [0.5, 0.6) is 5.75 Å². The van der Waals surface area contributed by atoms with Gasteiger partial charge in [0.1, 0.15) is 12.3 Å². The number of hydrogen-bond acceptors (Lipinski definition) is 5. The van der Waals surface area contributed by atoms with Crippen molar-refractivity contribution >= 4 is 23.2 Å². The summed E-state index contributed by atoms with van der Waals surface area (Å²) >= 11 is 0. The van der Waals surface area contributed by atoms with Gasteiger partial charge < -0.3 is 19.4 Å². The van der Waals surface area contributed by atoms with Crippen LogP contribution >= 0.6 is 0 Å². The fourth-order valence-corrected chi connectivity index (χ4v) is 3.34. The Kier molecular flexibility index (Phi) is 6.35. The van der Waals surface area contributed by atoms with E-state index in [4.69, 9.17) is 10.00 Å². The molecule has 1 aliphatic rings. The van der Waals surface area contributed by atoms with Gasteiger partial charge in [-0.25, -0.2) is 0 Å². The molecule has 0 spiro atoms. The number of anilines is 2. The zero-order valence-electron chi connectivity index (χ0n) is 16.7. The van der Waals surface area contributed by atoms with Gasteiger partial charge >= 0.3 is 0 Å². The molecule has 2 aromatic carbocycles. The first-order valence-electron chi connectivity index (χ1n) is 9.47. The minimum absolute atomic E-state index is 0.0101. The van der Waals surface area contributed by atoms with Crippen molar-refractivity contribution in [3.05, 3.63) is 54.1 Å². The molecule has 2 amide bonds. The highest BCUT2D eigenvalue weighted by atomic mass is 16.5. The van der Waals surface area contributed by atoms with Crippen LogP contribution in [0.4, 0.5) is 11.4 Å². The molecule has 29 heavy (non-hydrogen) atoms. The monoisotopic (exact) mass is 392 g/mol. The summed E-state index contributed by atoms with van der Waals surface area (Å²) in [5.41, 5.74) is 2.22. The minimum atomic E-state index is -0.208. The summed E-state index contributed by atoms with van der Waals surface area (Å²) in [7, 11) is 1.64. The van der Waals surface area contributed by atoms with E-state index in [1.165, 1.54) is 11.8 Å². The predicted octanol–water partition coefficient (Wildman–Crippen LogP) is 2.27. The highest BCUT2D eigenvalue weighted by Crippen LogP contribution is 2.21. The molecule has 0 unspecified atom stereocenters. The molecule has 0 aromatic heterocycles. The lowest BCUT2D eigenvalue weighted by molar-refractivity contribution is -0.131. The molecule has 0 bridgehead atoms. The van der Waals surface area contributed by atoms with Crippen LogP contribution in [0.3, 0.4) is 0 Å². The maximum Gasteiger partial charge on any atom is 0.242 e. The number of carbonyl (C=O) groups excluding carboxylic acids is 2. The fraction of sp³-hybridized carbons (Fsp3) is 0.318. The second-order valence-electron chi connectivity index (χ2n) is 6.83. The number of hydrogen-bond donors (Lipinski definition) is 0. The Morgan fingerprint density at radius 2 is 1.66 bits per heavy atom. The summed E-state index contributed by atoms with van der Waals surface area (Å²) in [6, 6.07) is 16.6. The first-order valence-corrected chi connectivity index (χ1v) is 9.47. The van der Waals surface area contributed by atoms with Crippen molar-refractivity contribution in [2.75, 3.05) is 49.6 Å². The molecule has 0 aliphatic carbocycles. The zero-order valence-corrected chi connectivity index (χ0v) is 16.7. The van der Waals surface area contributed by atoms with Crippen LogP contribution in [-0.2, 0) is 9.59 Å². The largest absolute Gasteiger partial charge is 0.497 e. The number of benzene rings is 2. The van der Waals surface area contributed by atoms with Gasteiger partial charge in [-0.1, -0.05) is 0 Å². The topological polar surface area (TPSA) is 76.9 Å². The van der Waals surface area contributed by atoms with Gasteiger partial charge in [0.25, 0.3) is 0 Å². The van der Waals surface area contributed by atoms with Crippen molar-refractivity contribution in [3.63, 3.8) is 0 Å². The summed E-state index contributed by atoms with van der Waals surface area (Å²) in [5.74, 6) is 0.522. The number of rotatable bonds is 5. The molecule has 2 aromatic rings. The number of nitrogens with zero attached hydrogens (tertiary/aromatic N) is 4. The highest BCUT2D eigenvalue weighted by molar-refractivity contribution is 5.97. The maximum absolute atomic E-state index is 12.8. The number of nitriles is 1. The van der Waals surface area contributed by atoms with Gasteiger partial charge in [0, 0.05) is 44.5 Å². The molecule has 3 rings (SSSR count). The third-order valence-electron chi connectivity index (χ3n) is 5.05. The van der Waals surface area contributed by atoms with Gasteiger partial charge in [-0.2, -0.15) is 5.26 Å². The molecule has 150 valence electrons. The Labute approximate surface area is 170 Å². The molecule has 1 saturated heterocycles. The molecule has 0 atom stereocenters. The lowest BCUT2D eigenvalue weighted by Crippen LogP contribution is -2.51. The quantitative estimate of drug-likeness (QED) is 0.780. The van der Waals surface area contributed by atoms with Crippen LogP contribution in [0.2, 0.25) is 0 Å². The van der Waals surface area contributed by atoms with E-state index in [2.05, 4.69) is 4.90 Å². The average Bonchev–Trinajstić information content (AvgIpc) is 2.77. The third kappa shape index (κ3) is 4.85.